The van der Waals surface area contributed by atoms with Crippen LogP contribution in [0.1, 0.15) is 53.8 Å². The summed E-state index contributed by atoms with van der Waals surface area (Å²) < 4.78 is 1.04. The number of benzene rings is 1. The number of halogens is 1. The maximum atomic E-state index is 12.4. The van der Waals surface area contributed by atoms with E-state index in [4.69, 9.17) is 11.6 Å². The third-order valence-electron chi connectivity index (χ3n) is 3.99. The first-order valence-electron chi connectivity index (χ1n) is 7.69. The number of hydrazone groups is 1. The van der Waals surface area contributed by atoms with Crippen LogP contribution >= 0.6 is 22.9 Å². The van der Waals surface area contributed by atoms with Crippen LogP contribution in [0.3, 0.4) is 0 Å². The second kappa shape index (κ2) is 6.80. The van der Waals surface area contributed by atoms with Crippen LogP contribution in [0.25, 0.3) is 10.1 Å². The Morgan fingerprint density at radius 3 is 2.68 bits per heavy atom. The number of rotatable bonds is 2. The highest BCUT2D eigenvalue weighted by Gasteiger charge is 2.17. The van der Waals surface area contributed by atoms with Crippen molar-refractivity contribution in [2.45, 2.75) is 45.4 Å². The van der Waals surface area contributed by atoms with Gasteiger partial charge < -0.3 is 0 Å². The molecule has 1 amide bonds. The number of thiophene rings is 1. The Labute approximate surface area is 139 Å². The molecular weight excluding hydrogens is 316 g/mol. The van der Waals surface area contributed by atoms with E-state index in [9.17, 15) is 4.79 Å². The number of fused-ring (bicyclic) bond motifs is 1. The molecule has 1 N–H and O–H groups in total. The third-order valence-corrected chi connectivity index (χ3v) is 5.64. The molecule has 0 atom stereocenters. The molecule has 22 heavy (non-hydrogen) atoms. The number of aryl methyl sites for hydroxylation is 1. The summed E-state index contributed by atoms with van der Waals surface area (Å²) in [6, 6.07) is 6.03. The zero-order valence-electron chi connectivity index (χ0n) is 12.6. The summed E-state index contributed by atoms with van der Waals surface area (Å²) in [7, 11) is 0. The topological polar surface area (TPSA) is 41.5 Å². The van der Waals surface area contributed by atoms with Crippen LogP contribution in [0.2, 0.25) is 5.02 Å². The lowest BCUT2D eigenvalue weighted by molar-refractivity contribution is 0.0959. The van der Waals surface area contributed by atoms with Gasteiger partial charge in [-0.1, -0.05) is 36.6 Å². The monoisotopic (exact) mass is 334 g/mol. The Morgan fingerprint density at radius 2 is 1.95 bits per heavy atom. The van der Waals surface area contributed by atoms with Crippen molar-refractivity contribution in [2.75, 3.05) is 0 Å². The molecule has 3 nitrogen and oxygen atoms in total. The fourth-order valence-corrected chi connectivity index (χ4v) is 4.25. The van der Waals surface area contributed by atoms with Gasteiger partial charge in [0.15, 0.2) is 0 Å². The molecule has 1 aromatic carbocycles. The molecule has 0 unspecified atom stereocenters. The average Bonchev–Trinajstić information content (AvgIpc) is 2.68. The van der Waals surface area contributed by atoms with Crippen LogP contribution in [0.4, 0.5) is 0 Å². The van der Waals surface area contributed by atoms with Crippen molar-refractivity contribution < 1.29 is 4.79 Å². The number of amides is 1. The highest BCUT2D eigenvalue weighted by Crippen LogP contribution is 2.35. The second-order valence-corrected chi connectivity index (χ2v) is 7.21. The first-order valence-corrected chi connectivity index (χ1v) is 8.89. The largest absolute Gasteiger partial charge is 0.283 e. The number of carbonyl (C=O) groups is 1. The van der Waals surface area contributed by atoms with Gasteiger partial charge in [-0.3, -0.25) is 4.79 Å². The number of nitrogens with one attached hydrogen (secondary N) is 1. The van der Waals surface area contributed by atoms with E-state index in [-0.39, 0.29) is 5.91 Å². The minimum Gasteiger partial charge on any atom is -0.266 e. The fourth-order valence-electron chi connectivity index (χ4n) is 2.75. The van der Waals surface area contributed by atoms with Crippen molar-refractivity contribution in [2.24, 2.45) is 5.10 Å². The molecule has 0 bridgehead atoms. The van der Waals surface area contributed by atoms with Crippen molar-refractivity contribution >= 4 is 44.6 Å². The predicted molar refractivity (Wildman–Crippen MR) is 94.2 cm³/mol. The van der Waals surface area contributed by atoms with Crippen molar-refractivity contribution in [3.63, 3.8) is 0 Å². The Balaban J connectivity index is 1.80. The van der Waals surface area contributed by atoms with Crippen LogP contribution in [0, 0.1) is 6.92 Å². The van der Waals surface area contributed by atoms with E-state index in [0.29, 0.717) is 9.90 Å². The molecule has 116 valence electrons. The van der Waals surface area contributed by atoms with E-state index in [1.165, 1.54) is 24.2 Å². The third kappa shape index (κ3) is 3.33. The van der Waals surface area contributed by atoms with E-state index in [1.54, 1.807) is 0 Å². The summed E-state index contributed by atoms with van der Waals surface area (Å²) in [6.45, 7) is 2.03. The zero-order chi connectivity index (χ0) is 15.5. The van der Waals surface area contributed by atoms with Gasteiger partial charge in [0.1, 0.15) is 4.88 Å². The van der Waals surface area contributed by atoms with E-state index < -0.39 is 0 Å². The average molecular weight is 335 g/mol. The normalized spacial score (nSPS) is 15.6. The van der Waals surface area contributed by atoms with Crippen LogP contribution in [0.5, 0.6) is 0 Å². The van der Waals surface area contributed by atoms with Crippen molar-refractivity contribution in [3.05, 3.63) is 33.7 Å². The molecule has 1 heterocycles. The van der Waals surface area contributed by atoms with E-state index >= 15 is 0 Å². The van der Waals surface area contributed by atoms with Crippen LogP contribution in [0.15, 0.2) is 23.3 Å². The number of carbonyl (C=O) groups excluding carboxylic acids is 1. The van der Waals surface area contributed by atoms with Gasteiger partial charge in [-0.2, -0.15) is 5.10 Å². The highest BCUT2D eigenvalue weighted by molar-refractivity contribution is 7.21. The molecule has 5 heteroatoms. The van der Waals surface area contributed by atoms with Gasteiger partial charge >= 0.3 is 0 Å². The molecule has 2 aromatic rings. The Morgan fingerprint density at radius 1 is 1.23 bits per heavy atom. The van der Waals surface area contributed by atoms with E-state index in [2.05, 4.69) is 16.6 Å². The number of hydrogen-bond acceptors (Lipinski definition) is 3. The molecule has 3 rings (SSSR count). The van der Waals surface area contributed by atoms with Crippen LogP contribution in [-0.4, -0.2) is 11.6 Å². The summed E-state index contributed by atoms with van der Waals surface area (Å²) in [6.07, 6.45) is 6.82. The molecular formula is C17H19ClN2OS. The highest BCUT2D eigenvalue weighted by atomic mass is 35.5. The van der Waals surface area contributed by atoms with Crippen molar-refractivity contribution in [1.29, 1.82) is 0 Å². The first-order chi connectivity index (χ1) is 10.6. The fraction of sp³-hybridized carbons (Fsp3) is 0.412. The van der Waals surface area contributed by atoms with E-state index in [1.807, 2.05) is 19.1 Å². The summed E-state index contributed by atoms with van der Waals surface area (Å²) in [5.41, 5.74) is 4.95. The number of hydrogen-bond donors (Lipinski definition) is 1. The second-order valence-electron chi connectivity index (χ2n) is 5.78. The SMILES string of the molecule is Cc1ccc2c(Cl)c(C(=O)NN=C3CCCCCC3)sc2c1. The summed E-state index contributed by atoms with van der Waals surface area (Å²) in [5.74, 6) is -0.208. The van der Waals surface area contributed by atoms with Crippen LogP contribution in [-0.2, 0) is 0 Å². The quantitative estimate of drug-likeness (QED) is 0.587. The lowest BCUT2D eigenvalue weighted by Gasteiger charge is -2.02. The minimum atomic E-state index is -0.208. The van der Waals surface area contributed by atoms with Gasteiger partial charge in [0, 0.05) is 15.8 Å². The lowest BCUT2D eigenvalue weighted by Crippen LogP contribution is -2.18. The van der Waals surface area contributed by atoms with Crippen molar-refractivity contribution in [3.8, 4) is 0 Å². The zero-order valence-corrected chi connectivity index (χ0v) is 14.2. The summed E-state index contributed by atoms with van der Waals surface area (Å²) >= 11 is 7.78. The molecule has 0 saturated heterocycles. The van der Waals surface area contributed by atoms with Crippen molar-refractivity contribution in [1.82, 2.24) is 5.43 Å². The van der Waals surface area contributed by atoms with Gasteiger partial charge in [-0.25, -0.2) is 5.43 Å². The summed E-state index contributed by atoms with van der Waals surface area (Å²) in [4.78, 5) is 12.9. The maximum Gasteiger partial charge on any atom is 0.283 e. The molecule has 1 fully saturated rings. The van der Waals surface area contributed by atoms with Gasteiger partial charge in [-0.05, 0) is 44.2 Å². The van der Waals surface area contributed by atoms with Gasteiger partial charge in [-0.15, -0.1) is 11.3 Å². The first kappa shape index (κ1) is 15.5. The molecule has 1 aliphatic rings. The smallest absolute Gasteiger partial charge is 0.266 e. The van der Waals surface area contributed by atoms with Gasteiger partial charge in [0.2, 0.25) is 0 Å². The van der Waals surface area contributed by atoms with Gasteiger partial charge in [0.25, 0.3) is 5.91 Å². The maximum absolute atomic E-state index is 12.4. The molecule has 1 aromatic heterocycles. The molecule has 1 saturated carbocycles. The molecule has 0 aliphatic heterocycles. The standard InChI is InChI=1S/C17H19ClN2OS/c1-11-8-9-13-14(10-11)22-16(15(13)18)17(21)20-19-12-6-4-2-3-5-7-12/h8-10H,2-7H2,1H3,(H,20,21). The van der Waals surface area contributed by atoms with Crippen LogP contribution < -0.4 is 5.43 Å². The minimum absolute atomic E-state index is 0.208. The Hall–Kier alpha value is -1.39. The lowest BCUT2D eigenvalue weighted by atomic mass is 10.2. The molecule has 0 radical (unpaired) electrons. The van der Waals surface area contributed by atoms with E-state index in [0.717, 1.165) is 47.0 Å². The Kier molecular flexibility index (Phi) is 4.79. The predicted octanol–water partition coefficient (Wildman–Crippen LogP) is 5.30. The van der Waals surface area contributed by atoms with Gasteiger partial charge in [0.05, 0.1) is 5.02 Å². The molecule has 0 spiro atoms. The number of nitrogens with zero attached hydrogens (tertiary/aromatic N) is 1. The summed E-state index contributed by atoms with van der Waals surface area (Å²) in [5, 5.41) is 5.77. The molecule has 1 aliphatic carbocycles. The Bertz CT molecular complexity index is 726.